The number of piperazine rings is 1. The summed E-state index contributed by atoms with van der Waals surface area (Å²) >= 11 is 0. The minimum absolute atomic E-state index is 0.00962. The molecular weight excluding hydrogens is 484 g/mol. The Balaban J connectivity index is 1.60. The second-order valence-corrected chi connectivity index (χ2v) is 11.5. The molecule has 0 radical (unpaired) electrons. The maximum atomic E-state index is 12.8. The molecule has 11 nitrogen and oxygen atoms in total. The van der Waals surface area contributed by atoms with Gasteiger partial charge in [-0.05, 0) is 29.8 Å². The maximum absolute atomic E-state index is 12.8. The molecule has 13 heteroatoms. The highest BCUT2D eigenvalue weighted by atomic mass is 32.2. The first-order chi connectivity index (χ1) is 16.1. The molecule has 1 aliphatic heterocycles. The van der Waals surface area contributed by atoms with Gasteiger partial charge >= 0.3 is 0 Å². The van der Waals surface area contributed by atoms with Crippen LogP contribution in [0.2, 0.25) is 0 Å². The molecule has 0 spiro atoms. The Kier molecular flexibility index (Phi) is 8.62. The lowest BCUT2D eigenvalue weighted by molar-refractivity contribution is -0.135. The molecule has 2 aromatic carbocycles. The Bertz CT molecular complexity index is 1170. The Hall–Kier alpha value is -2.55. The highest BCUT2D eigenvalue weighted by Gasteiger charge is 2.32. The van der Waals surface area contributed by atoms with Crippen LogP contribution < -0.4 is 14.9 Å². The number of hydroxylamine groups is 1. The number of benzene rings is 2. The molecule has 34 heavy (non-hydrogen) atoms. The van der Waals surface area contributed by atoms with Crippen LogP contribution in [0.25, 0.3) is 0 Å². The van der Waals surface area contributed by atoms with Gasteiger partial charge in [0.25, 0.3) is 5.91 Å². The normalized spacial score (nSPS) is 16.6. The van der Waals surface area contributed by atoms with Gasteiger partial charge in [0.15, 0.2) is 0 Å². The lowest BCUT2D eigenvalue weighted by atomic mass is 10.2. The lowest BCUT2D eigenvalue weighted by Crippen LogP contribution is -2.58. The zero-order valence-electron chi connectivity index (χ0n) is 18.6. The van der Waals surface area contributed by atoms with Gasteiger partial charge in [-0.3, -0.25) is 14.9 Å². The monoisotopic (exact) mass is 512 g/mol. The molecule has 1 atom stereocenters. The highest BCUT2D eigenvalue weighted by molar-refractivity contribution is 7.89. The molecule has 1 unspecified atom stereocenters. The van der Waals surface area contributed by atoms with E-state index >= 15 is 0 Å². The van der Waals surface area contributed by atoms with E-state index in [0.29, 0.717) is 12.4 Å². The van der Waals surface area contributed by atoms with Crippen molar-refractivity contribution in [2.24, 2.45) is 0 Å². The molecule has 1 fully saturated rings. The molecule has 1 aliphatic rings. The first-order valence-corrected chi connectivity index (χ1v) is 13.8. The molecule has 1 heterocycles. The second kappa shape index (κ2) is 11.3. The van der Waals surface area contributed by atoms with Crippen LogP contribution in [0.1, 0.15) is 5.56 Å². The number of rotatable bonds is 10. The van der Waals surface area contributed by atoms with E-state index in [-0.39, 0.29) is 37.6 Å². The van der Waals surface area contributed by atoms with E-state index in [0.717, 1.165) is 11.8 Å². The van der Waals surface area contributed by atoms with Crippen molar-refractivity contribution in [2.45, 2.75) is 17.5 Å². The Morgan fingerprint density at radius 3 is 2.18 bits per heavy atom. The molecule has 3 rings (SSSR count). The van der Waals surface area contributed by atoms with Gasteiger partial charge in [0.05, 0.1) is 11.2 Å². The Labute approximate surface area is 199 Å². The van der Waals surface area contributed by atoms with Gasteiger partial charge in [-0.2, -0.15) is 4.31 Å². The molecule has 1 saturated heterocycles. The molecule has 2 aromatic rings. The third-order valence-electron chi connectivity index (χ3n) is 5.44. The van der Waals surface area contributed by atoms with Crippen molar-refractivity contribution in [3.63, 3.8) is 0 Å². The minimum atomic E-state index is -3.95. The lowest BCUT2D eigenvalue weighted by Gasteiger charge is -2.37. The van der Waals surface area contributed by atoms with Crippen LogP contribution >= 0.6 is 0 Å². The zero-order chi connectivity index (χ0) is 24.8. The van der Waals surface area contributed by atoms with Crippen molar-refractivity contribution >= 4 is 26.0 Å². The standard InChI is InChI=1S/C21H28N4O7S2/c1-33(28,29)25-13-11-24(12-14-25)20(21(26)23-27)15-22-34(30,31)19-9-7-18(8-10-19)32-16-17-5-3-2-4-6-17/h2-10,20,22,27H,11-16H2,1H3,(H,23,26). The molecule has 186 valence electrons. The third-order valence-corrected chi connectivity index (χ3v) is 8.19. The third kappa shape index (κ3) is 6.98. The van der Waals surface area contributed by atoms with Crippen LogP contribution in [0.4, 0.5) is 0 Å². The molecule has 0 aromatic heterocycles. The number of amides is 1. The summed E-state index contributed by atoms with van der Waals surface area (Å²) in [6.07, 6.45) is 1.10. The summed E-state index contributed by atoms with van der Waals surface area (Å²) in [4.78, 5) is 13.8. The summed E-state index contributed by atoms with van der Waals surface area (Å²) in [6, 6.07) is 14.4. The van der Waals surface area contributed by atoms with Crippen LogP contribution in [0.3, 0.4) is 0 Å². The van der Waals surface area contributed by atoms with E-state index in [1.807, 2.05) is 30.3 Å². The number of hydrogen-bond acceptors (Lipinski definition) is 8. The Morgan fingerprint density at radius 1 is 1.00 bits per heavy atom. The van der Waals surface area contributed by atoms with Crippen LogP contribution in [-0.2, 0) is 31.4 Å². The van der Waals surface area contributed by atoms with E-state index in [4.69, 9.17) is 9.94 Å². The summed E-state index contributed by atoms with van der Waals surface area (Å²) in [5.41, 5.74) is 2.53. The van der Waals surface area contributed by atoms with E-state index in [1.165, 1.54) is 16.4 Å². The minimum Gasteiger partial charge on any atom is -0.489 e. The first-order valence-electron chi connectivity index (χ1n) is 10.5. The summed E-state index contributed by atoms with van der Waals surface area (Å²) in [5.74, 6) is -0.288. The van der Waals surface area contributed by atoms with Crippen LogP contribution in [0, 0.1) is 0 Å². The molecule has 0 bridgehead atoms. The number of nitrogens with one attached hydrogen (secondary N) is 2. The van der Waals surface area contributed by atoms with E-state index in [2.05, 4.69) is 4.72 Å². The van der Waals surface area contributed by atoms with E-state index < -0.39 is 32.0 Å². The van der Waals surface area contributed by atoms with Gasteiger partial charge in [-0.15, -0.1) is 0 Å². The summed E-state index contributed by atoms with van der Waals surface area (Å²) < 4.78 is 58.2. The highest BCUT2D eigenvalue weighted by Crippen LogP contribution is 2.18. The van der Waals surface area contributed by atoms with Crippen molar-refractivity contribution in [2.75, 3.05) is 39.0 Å². The van der Waals surface area contributed by atoms with Crippen molar-refractivity contribution in [3.8, 4) is 5.75 Å². The topological polar surface area (TPSA) is 145 Å². The number of ether oxygens (including phenoxy) is 1. The second-order valence-electron chi connectivity index (χ2n) is 7.79. The first kappa shape index (κ1) is 26.1. The zero-order valence-corrected chi connectivity index (χ0v) is 20.3. The van der Waals surface area contributed by atoms with Crippen molar-refractivity contribution in [3.05, 3.63) is 60.2 Å². The van der Waals surface area contributed by atoms with Crippen LogP contribution in [-0.4, -0.2) is 82.2 Å². The average molecular weight is 513 g/mol. The fraction of sp³-hybridized carbons (Fsp3) is 0.381. The van der Waals surface area contributed by atoms with E-state index in [9.17, 15) is 21.6 Å². The van der Waals surface area contributed by atoms with Gasteiger partial charge in [0, 0.05) is 32.7 Å². The molecule has 1 amide bonds. The fourth-order valence-corrected chi connectivity index (χ4v) is 5.40. The quantitative estimate of drug-likeness (QED) is 0.298. The molecule has 3 N–H and O–H groups in total. The molecule has 0 saturated carbocycles. The predicted molar refractivity (Wildman–Crippen MR) is 124 cm³/mol. The maximum Gasteiger partial charge on any atom is 0.262 e. The van der Waals surface area contributed by atoms with Crippen molar-refractivity contribution < 1.29 is 31.6 Å². The summed E-state index contributed by atoms with van der Waals surface area (Å²) in [6.45, 7) is 0.771. The summed E-state index contributed by atoms with van der Waals surface area (Å²) in [5, 5.41) is 9.10. The molecular formula is C21H28N4O7S2. The summed E-state index contributed by atoms with van der Waals surface area (Å²) in [7, 11) is -7.31. The smallest absolute Gasteiger partial charge is 0.262 e. The molecule has 0 aliphatic carbocycles. The number of hydrogen-bond donors (Lipinski definition) is 3. The average Bonchev–Trinajstić information content (AvgIpc) is 2.83. The van der Waals surface area contributed by atoms with Crippen molar-refractivity contribution in [1.82, 2.24) is 19.4 Å². The van der Waals surface area contributed by atoms with Gasteiger partial charge in [0.2, 0.25) is 20.0 Å². The number of sulfonamides is 2. The van der Waals surface area contributed by atoms with Gasteiger partial charge in [-0.1, -0.05) is 30.3 Å². The van der Waals surface area contributed by atoms with Gasteiger partial charge < -0.3 is 4.74 Å². The SMILES string of the molecule is CS(=O)(=O)N1CCN(C(CNS(=O)(=O)c2ccc(OCc3ccccc3)cc2)C(=O)NO)CC1. The van der Waals surface area contributed by atoms with Crippen molar-refractivity contribution in [1.29, 1.82) is 0 Å². The predicted octanol–water partition coefficient (Wildman–Crippen LogP) is -0.00490. The van der Waals surface area contributed by atoms with Crippen LogP contribution in [0.15, 0.2) is 59.5 Å². The number of nitrogens with zero attached hydrogens (tertiary/aromatic N) is 2. The largest absolute Gasteiger partial charge is 0.489 e. The fourth-order valence-electron chi connectivity index (χ4n) is 3.54. The van der Waals surface area contributed by atoms with E-state index in [1.54, 1.807) is 22.5 Å². The Morgan fingerprint density at radius 2 is 1.62 bits per heavy atom. The number of carbonyl (C=O) groups is 1. The van der Waals surface area contributed by atoms with Gasteiger partial charge in [-0.25, -0.2) is 27.0 Å². The van der Waals surface area contributed by atoms with Gasteiger partial charge in [0.1, 0.15) is 18.4 Å². The van der Waals surface area contributed by atoms with Crippen LogP contribution in [0.5, 0.6) is 5.75 Å². The number of carbonyl (C=O) groups excluding carboxylic acids is 1.